The minimum atomic E-state index is 0.0244. The first-order valence-electron chi connectivity index (χ1n) is 5.19. The Kier molecular flexibility index (Phi) is 2.58. The van der Waals surface area contributed by atoms with Crippen LogP contribution in [0.1, 0.15) is 26.2 Å². The van der Waals surface area contributed by atoms with Crippen molar-refractivity contribution in [1.82, 2.24) is 0 Å². The zero-order chi connectivity index (χ0) is 9.31. The Morgan fingerprint density at radius 1 is 1.46 bits per heavy atom. The third kappa shape index (κ3) is 1.87. The number of ether oxygens (including phenoxy) is 2. The van der Waals surface area contributed by atoms with Crippen LogP contribution in [0, 0.1) is 5.92 Å². The summed E-state index contributed by atoms with van der Waals surface area (Å²) in [5, 5.41) is 0. The van der Waals surface area contributed by atoms with Crippen molar-refractivity contribution in [1.29, 1.82) is 0 Å². The first-order valence-corrected chi connectivity index (χ1v) is 5.19. The largest absolute Gasteiger partial charge is 0.378 e. The van der Waals surface area contributed by atoms with Crippen molar-refractivity contribution < 1.29 is 9.47 Å². The average molecular weight is 185 g/mol. The molecule has 0 radical (unpaired) electrons. The molecule has 3 atom stereocenters. The Hall–Kier alpha value is -0.120. The first kappa shape index (κ1) is 9.44. The van der Waals surface area contributed by atoms with Crippen LogP contribution in [0.4, 0.5) is 0 Å². The molecule has 2 fully saturated rings. The van der Waals surface area contributed by atoms with Crippen molar-refractivity contribution in [3.63, 3.8) is 0 Å². The van der Waals surface area contributed by atoms with E-state index >= 15 is 0 Å². The molecule has 3 nitrogen and oxygen atoms in total. The van der Waals surface area contributed by atoms with Crippen molar-refractivity contribution in [2.45, 2.75) is 37.8 Å². The lowest BCUT2D eigenvalue weighted by Gasteiger charge is -2.38. The smallest absolute Gasteiger partial charge is 0.0939 e. The molecule has 0 aliphatic carbocycles. The van der Waals surface area contributed by atoms with Gasteiger partial charge < -0.3 is 15.2 Å². The fourth-order valence-corrected chi connectivity index (χ4v) is 2.38. The monoisotopic (exact) mass is 185 g/mol. The van der Waals surface area contributed by atoms with Gasteiger partial charge in [-0.05, 0) is 25.7 Å². The zero-order valence-corrected chi connectivity index (χ0v) is 8.29. The van der Waals surface area contributed by atoms with Gasteiger partial charge in [-0.1, -0.05) is 0 Å². The Morgan fingerprint density at radius 2 is 2.31 bits per heavy atom. The lowest BCUT2D eigenvalue weighted by Crippen LogP contribution is -2.44. The fraction of sp³-hybridized carbons (Fsp3) is 1.00. The summed E-state index contributed by atoms with van der Waals surface area (Å²) in [6.07, 6.45) is 3.25. The molecule has 0 amide bonds. The van der Waals surface area contributed by atoms with Crippen LogP contribution >= 0.6 is 0 Å². The van der Waals surface area contributed by atoms with Gasteiger partial charge in [0, 0.05) is 25.7 Å². The summed E-state index contributed by atoms with van der Waals surface area (Å²) in [7, 11) is 0. The normalized spacial score (nSPS) is 42.5. The van der Waals surface area contributed by atoms with Gasteiger partial charge in [-0.3, -0.25) is 0 Å². The maximum absolute atomic E-state index is 5.92. The van der Waals surface area contributed by atoms with Gasteiger partial charge in [-0.25, -0.2) is 0 Å². The van der Waals surface area contributed by atoms with E-state index in [1.807, 2.05) is 0 Å². The minimum Gasteiger partial charge on any atom is -0.378 e. The van der Waals surface area contributed by atoms with E-state index in [0.717, 1.165) is 39.1 Å². The van der Waals surface area contributed by atoms with Crippen molar-refractivity contribution in [3.8, 4) is 0 Å². The molecule has 0 aromatic heterocycles. The minimum absolute atomic E-state index is 0.0244. The fourth-order valence-electron chi connectivity index (χ4n) is 2.38. The summed E-state index contributed by atoms with van der Waals surface area (Å²) in [5.74, 6) is 0.621. The van der Waals surface area contributed by atoms with E-state index in [9.17, 15) is 0 Å². The van der Waals surface area contributed by atoms with Crippen LogP contribution in [0.2, 0.25) is 0 Å². The molecule has 2 saturated heterocycles. The third-order valence-electron chi connectivity index (χ3n) is 3.34. The van der Waals surface area contributed by atoms with Gasteiger partial charge in [0.05, 0.1) is 12.2 Å². The van der Waals surface area contributed by atoms with E-state index in [-0.39, 0.29) is 5.60 Å². The molecule has 2 N–H and O–H groups in total. The van der Waals surface area contributed by atoms with E-state index < -0.39 is 0 Å². The Labute approximate surface area is 79.6 Å². The summed E-state index contributed by atoms with van der Waals surface area (Å²) in [6, 6.07) is 0.293. The number of nitrogens with two attached hydrogens (primary N) is 1. The van der Waals surface area contributed by atoms with Gasteiger partial charge in [-0.15, -0.1) is 0 Å². The van der Waals surface area contributed by atoms with Gasteiger partial charge in [0.1, 0.15) is 0 Å². The highest BCUT2D eigenvalue weighted by Gasteiger charge is 2.41. The highest BCUT2D eigenvalue weighted by Crippen LogP contribution is 2.36. The average Bonchev–Trinajstić information content (AvgIpc) is 2.53. The molecule has 3 unspecified atom stereocenters. The summed E-state index contributed by atoms with van der Waals surface area (Å²) in [4.78, 5) is 0. The molecule has 13 heavy (non-hydrogen) atoms. The van der Waals surface area contributed by atoms with E-state index in [2.05, 4.69) is 6.92 Å². The highest BCUT2D eigenvalue weighted by molar-refractivity contribution is 4.92. The number of rotatable bonds is 1. The van der Waals surface area contributed by atoms with Crippen molar-refractivity contribution >= 4 is 0 Å². The van der Waals surface area contributed by atoms with Gasteiger partial charge >= 0.3 is 0 Å². The SMILES string of the molecule is CC(N)C1CCOC2(CCOC2)C1. The predicted molar refractivity (Wildman–Crippen MR) is 50.5 cm³/mol. The van der Waals surface area contributed by atoms with E-state index in [1.165, 1.54) is 0 Å². The molecule has 3 heteroatoms. The topological polar surface area (TPSA) is 44.5 Å². The van der Waals surface area contributed by atoms with Gasteiger partial charge in [0.2, 0.25) is 0 Å². The maximum atomic E-state index is 5.92. The number of hydrogen-bond acceptors (Lipinski definition) is 3. The molecule has 0 aromatic carbocycles. The van der Waals surface area contributed by atoms with Gasteiger partial charge in [0.15, 0.2) is 0 Å². The Balaban J connectivity index is 1.98. The summed E-state index contributed by atoms with van der Waals surface area (Å²) in [5.41, 5.74) is 5.95. The molecular formula is C10H19NO2. The highest BCUT2D eigenvalue weighted by atomic mass is 16.6. The Bertz CT molecular complexity index is 176. The summed E-state index contributed by atoms with van der Waals surface area (Å²) < 4.78 is 11.2. The van der Waals surface area contributed by atoms with Crippen LogP contribution in [0.25, 0.3) is 0 Å². The Morgan fingerprint density at radius 3 is 2.92 bits per heavy atom. The summed E-state index contributed by atoms with van der Waals surface area (Å²) in [6.45, 7) is 4.58. The molecule has 2 aliphatic heterocycles. The molecule has 76 valence electrons. The van der Waals surface area contributed by atoms with E-state index in [1.54, 1.807) is 0 Å². The quantitative estimate of drug-likeness (QED) is 0.660. The zero-order valence-electron chi connectivity index (χ0n) is 8.29. The van der Waals surface area contributed by atoms with Crippen LogP contribution in [-0.2, 0) is 9.47 Å². The second-order valence-electron chi connectivity index (χ2n) is 4.45. The van der Waals surface area contributed by atoms with Crippen LogP contribution in [0.3, 0.4) is 0 Å². The second kappa shape index (κ2) is 3.56. The molecular weight excluding hydrogens is 166 g/mol. The molecule has 2 rings (SSSR count). The molecule has 0 aromatic rings. The maximum Gasteiger partial charge on any atom is 0.0939 e. The van der Waals surface area contributed by atoms with Crippen LogP contribution in [0.5, 0.6) is 0 Å². The number of hydrogen-bond donors (Lipinski definition) is 1. The van der Waals surface area contributed by atoms with Crippen LogP contribution in [-0.4, -0.2) is 31.5 Å². The van der Waals surface area contributed by atoms with Crippen molar-refractivity contribution in [3.05, 3.63) is 0 Å². The van der Waals surface area contributed by atoms with Crippen LogP contribution in [0.15, 0.2) is 0 Å². The standard InChI is InChI=1S/C10H19NO2/c1-8(11)9-2-4-13-10(6-9)3-5-12-7-10/h8-9H,2-7,11H2,1H3. The first-order chi connectivity index (χ1) is 6.22. The lowest BCUT2D eigenvalue weighted by atomic mass is 9.82. The molecule has 1 spiro atoms. The van der Waals surface area contributed by atoms with E-state index in [0.29, 0.717) is 12.0 Å². The lowest BCUT2D eigenvalue weighted by molar-refractivity contribution is -0.100. The predicted octanol–water partition coefficient (Wildman–Crippen LogP) is 0.919. The molecule has 0 saturated carbocycles. The van der Waals surface area contributed by atoms with E-state index in [4.69, 9.17) is 15.2 Å². The van der Waals surface area contributed by atoms with Crippen molar-refractivity contribution in [2.75, 3.05) is 19.8 Å². The molecule has 0 bridgehead atoms. The van der Waals surface area contributed by atoms with Crippen LogP contribution < -0.4 is 5.73 Å². The van der Waals surface area contributed by atoms with Gasteiger partial charge in [0.25, 0.3) is 0 Å². The molecule has 2 aliphatic rings. The third-order valence-corrected chi connectivity index (χ3v) is 3.34. The second-order valence-corrected chi connectivity index (χ2v) is 4.45. The van der Waals surface area contributed by atoms with Gasteiger partial charge in [-0.2, -0.15) is 0 Å². The van der Waals surface area contributed by atoms with Crippen molar-refractivity contribution in [2.24, 2.45) is 11.7 Å². The molecule has 2 heterocycles. The summed E-state index contributed by atoms with van der Waals surface area (Å²) >= 11 is 0.